The van der Waals surface area contributed by atoms with Gasteiger partial charge >= 0.3 is 5.97 Å². The smallest absolute Gasteiger partial charge is 0.303 e. The van der Waals surface area contributed by atoms with Crippen LogP contribution < -0.4 is 4.90 Å². The summed E-state index contributed by atoms with van der Waals surface area (Å²) in [4.78, 5) is 26.3. The van der Waals surface area contributed by atoms with Crippen molar-refractivity contribution in [1.29, 1.82) is 0 Å². The number of anilines is 1. The van der Waals surface area contributed by atoms with Gasteiger partial charge in [0.05, 0.1) is 22.3 Å². The van der Waals surface area contributed by atoms with Gasteiger partial charge < -0.3 is 14.7 Å². The first-order valence-corrected chi connectivity index (χ1v) is 13.9. The lowest BCUT2D eigenvalue weighted by Gasteiger charge is -2.53. The molecule has 3 aliphatic rings. The maximum Gasteiger partial charge on any atom is 0.303 e. The van der Waals surface area contributed by atoms with Gasteiger partial charge in [-0.15, -0.1) is 0 Å². The Labute approximate surface area is 220 Å². The maximum absolute atomic E-state index is 11.9. The zero-order chi connectivity index (χ0) is 26.3. The molecule has 6 atom stereocenters. The first kappa shape index (κ1) is 26.1. The molecular formula is C30H42N4O3. The highest BCUT2D eigenvalue weighted by Gasteiger charge is 2.52. The van der Waals surface area contributed by atoms with Gasteiger partial charge in [-0.05, 0) is 62.1 Å². The van der Waals surface area contributed by atoms with Crippen molar-refractivity contribution in [2.45, 2.75) is 65.6 Å². The predicted molar refractivity (Wildman–Crippen MR) is 146 cm³/mol. The summed E-state index contributed by atoms with van der Waals surface area (Å²) in [5, 5.41) is 11.9. The number of fused-ring (bicyclic) bond motifs is 2. The van der Waals surface area contributed by atoms with E-state index in [2.05, 4.69) is 36.6 Å². The molecule has 5 rings (SSSR count). The minimum atomic E-state index is -0.818. The van der Waals surface area contributed by atoms with E-state index in [1.807, 2.05) is 31.2 Å². The normalized spacial score (nSPS) is 31.5. The molecule has 200 valence electrons. The fraction of sp³-hybridized carbons (Fsp3) is 0.633. The van der Waals surface area contributed by atoms with E-state index in [4.69, 9.17) is 14.7 Å². The van der Waals surface area contributed by atoms with Crippen molar-refractivity contribution in [2.75, 3.05) is 37.6 Å². The quantitative estimate of drug-likeness (QED) is 0.476. The Hall–Kier alpha value is -2.51. The van der Waals surface area contributed by atoms with Crippen LogP contribution in [-0.4, -0.2) is 70.4 Å². The fourth-order valence-electron chi connectivity index (χ4n) is 7.06. The highest BCUT2D eigenvalue weighted by Crippen LogP contribution is 2.51. The van der Waals surface area contributed by atoms with Gasteiger partial charge in [-0.25, -0.2) is 9.97 Å². The SMILES string of the molecule is CC(=O)O[C@@H]1C[C@@]2(O)[C@H](C)CC[C@@H]([C@H](C)CN3CCN(c4nc5ccccc5nc4C)CC3)[C@H]2C=C1C. The van der Waals surface area contributed by atoms with Crippen molar-refractivity contribution in [2.24, 2.45) is 23.7 Å². The van der Waals surface area contributed by atoms with Crippen LogP contribution in [-0.2, 0) is 9.53 Å². The van der Waals surface area contributed by atoms with Gasteiger partial charge in [0.25, 0.3) is 0 Å². The topological polar surface area (TPSA) is 78.8 Å². The molecule has 7 nitrogen and oxygen atoms in total. The lowest BCUT2D eigenvalue weighted by Crippen LogP contribution is -2.56. The number of para-hydroxylation sites is 2. The summed E-state index contributed by atoms with van der Waals surface area (Å²) in [6, 6.07) is 8.07. The van der Waals surface area contributed by atoms with Crippen molar-refractivity contribution in [3.8, 4) is 0 Å². The third-order valence-electron chi connectivity index (χ3n) is 9.26. The molecule has 1 N–H and O–H groups in total. The molecule has 0 bridgehead atoms. The second kappa shape index (κ2) is 10.3. The van der Waals surface area contributed by atoms with Crippen molar-refractivity contribution in [3.63, 3.8) is 0 Å². The Balaban J connectivity index is 1.24. The van der Waals surface area contributed by atoms with Crippen LogP contribution >= 0.6 is 0 Å². The van der Waals surface area contributed by atoms with E-state index in [9.17, 15) is 9.90 Å². The lowest BCUT2D eigenvalue weighted by molar-refractivity contribution is -0.159. The molecule has 2 heterocycles. The van der Waals surface area contributed by atoms with Gasteiger partial charge in [-0.2, -0.15) is 0 Å². The Morgan fingerprint density at radius 1 is 1.14 bits per heavy atom. The molecule has 37 heavy (non-hydrogen) atoms. The van der Waals surface area contributed by atoms with Gasteiger partial charge in [-0.1, -0.05) is 32.1 Å². The molecule has 2 fully saturated rings. The summed E-state index contributed by atoms with van der Waals surface area (Å²) in [6.45, 7) is 15.0. The first-order chi connectivity index (χ1) is 17.7. The van der Waals surface area contributed by atoms with Crippen molar-refractivity contribution < 1.29 is 14.6 Å². The third-order valence-corrected chi connectivity index (χ3v) is 9.26. The maximum atomic E-state index is 11.9. The molecule has 0 spiro atoms. The van der Waals surface area contributed by atoms with Crippen LogP contribution in [0.25, 0.3) is 11.0 Å². The number of rotatable bonds is 5. The molecule has 1 aromatic carbocycles. The van der Waals surface area contributed by atoms with E-state index in [1.165, 1.54) is 6.92 Å². The Morgan fingerprint density at radius 3 is 2.49 bits per heavy atom. The number of aryl methyl sites for hydroxylation is 1. The number of aliphatic hydroxyl groups is 1. The van der Waals surface area contributed by atoms with Crippen LogP contribution in [0.4, 0.5) is 5.82 Å². The third kappa shape index (κ3) is 5.13. The van der Waals surface area contributed by atoms with Crippen LogP contribution in [0, 0.1) is 30.6 Å². The Morgan fingerprint density at radius 2 is 1.81 bits per heavy atom. The summed E-state index contributed by atoms with van der Waals surface area (Å²) in [7, 11) is 0. The Kier molecular flexibility index (Phi) is 7.29. The number of piperazine rings is 1. The molecule has 1 aromatic heterocycles. The Bertz CT molecular complexity index is 1170. The highest BCUT2D eigenvalue weighted by atomic mass is 16.5. The van der Waals surface area contributed by atoms with Gasteiger partial charge in [0.2, 0.25) is 0 Å². The van der Waals surface area contributed by atoms with Crippen LogP contribution in [0.15, 0.2) is 35.9 Å². The number of ether oxygens (including phenoxy) is 1. The van der Waals surface area contributed by atoms with Gasteiger partial charge in [0.15, 0.2) is 5.82 Å². The van der Waals surface area contributed by atoms with Crippen molar-refractivity contribution >= 4 is 22.8 Å². The molecular weight excluding hydrogens is 464 g/mol. The summed E-state index contributed by atoms with van der Waals surface area (Å²) >= 11 is 0. The number of hydrogen-bond acceptors (Lipinski definition) is 7. The predicted octanol–water partition coefficient (Wildman–Crippen LogP) is 4.37. The average molecular weight is 507 g/mol. The minimum Gasteiger partial charge on any atom is -0.458 e. The van der Waals surface area contributed by atoms with Crippen LogP contribution in [0.2, 0.25) is 0 Å². The van der Waals surface area contributed by atoms with E-state index in [-0.39, 0.29) is 23.9 Å². The number of carbonyl (C=O) groups excluding carboxylic acids is 1. The summed E-state index contributed by atoms with van der Waals surface area (Å²) < 4.78 is 5.57. The number of carbonyl (C=O) groups is 1. The van der Waals surface area contributed by atoms with Crippen molar-refractivity contribution in [1.82, 2.24) is 14.9 Å². The van der Waals surface area contributed by atoms with E-state index in [0.29, 0.717) is 18.3 Å². The number of esters is 1. The van der Waals surface area contributed by atoms with E-state index in [0.717, 1.165) is 73.7 Å². The summed E-state index contributed by atoms with van der Waals surface area (Å²) in [6.07, 6.45) is 4.56. The molecule has 1 saturated carbocycles. The highest BCUT2D eigenvalue weighted by molar-refractivity contribution is 5.76. The van der Waals surface area contributed by atoms with E-state index >= 15 is 0 Å². The number of aromatic nitrogens is 2. The lowest BCUT2D eigenvalue weighted by atomic mass is 9.57. The summed E-state index contributed by atoms with van der Waals surface area (Å²) in [5.41, 5.74) is 3.15. The van der Waals surface area contributed by atoms with Gasteiger partial charge in [-0.3, -0.25) is 9.69 Å². The van der Waals surface area contributed by atoms with E-state index < -0.39 is 5.60 Å². The second-order valence-electron chi connectivity index (χ2n) is 11.8. The number of nitrogens with zero attached hydrogens (tertiary/aromatic N) is 4. The van der Waals surface area contributed by atoms with Crippen LogP contribution in [0.3, 0.4) is 0 Å². The van der Waals surface area contributed by atoms with E-state index in [1.54, 1.807) is 0 Å². The minimum absolute atomic E-state index is 0.106. The zero-order valence-electron chi connectivity index (χ0n) is 23.0. The largest absolute Gasteiger partial charge is 0.458 e. The second-order valence-corrected chi connectivity index (χ2v) is 11.8. The first-order valence-electron chi connectivity index (χ1n) is 13.9. The van der Waals surface area contributed by atoms with Crippen molar-refractivity contribution in [3.05, 3.63) is 41.6 Å². The van der Waals surface area contributed by atoms with Gasteiger partial charge in [0.1, 0.15) is 6.10 Å². The van der Waals surface area contributed by atoms with Crippen LogP contribution in [0.1, 0.15) is 52.7 Å². The molecule has 0 unspecified atom stereocenters. The molecule has 1 aliphatic heterocycles. The number of hydrogen-bond donors (Lipinski definition) is 1. The van der Waals surface area contributed by atoms with Gasteiger partial charge in [0, 0.05) is 52.0 Å². The molecule has 0 amide bonds. The summed E-state index contributed by atoms with van der Waals surface area (Å²) in [5.74, 6) is 1.90. The van der Waals surface area contributed by atoms with Crippen LogP contribution in [0.5, 0.6) is 0 Å². The standard InChI is InChI=1S/C30H42N4O3/c1-19-16-25-24(11-10-21(3)30(25,36)17-28(19)37-23(5)35)20(2)18-33-12-14-34(15-13-33)29-22(4)31-26-8-6-7-9-27(26)32-29/h6-9,16,20-21,24-25,28,36H,10-15,17-18H2,1-5H3/t20-,21-,24+,25-,28-,30-/m1/s1. The monoisotopic (exact) mass is 506 g/mol. The average Bonchev–Trinajstić information content (AvgIpc) is 2.86. The molecule has 1 saturated heterocycles. The molecule has 7 heteroatoms. The molecule has 0 radical (unpaired) electrons. The zero-order valence-corrected chi connectivity index (χ0v) is 23.0. The molecule has 2 aromatic rings. The molecule has 2 aliphatic carbocycles. The fourth-order valence-corrected chi connectivity index (χ4v) is 7.06. The number of benzene rings is 1.